The van der Waals surface area contributed by atoms with Crippen molar-refractivity contribution in [2.24, 2.45) is 0 Å². The van der Waals surface area contributed by atoms with Gasteiger partial charge in [-0.2, -0.15) is 8.78 Å². The molecule has 0 amide bonds. The largest absolute Gasteiger partial charge is 0.497 e. The molecule has 1 heterocycles. The first-order valence-corrected chi connectivity index (χ1v) is 6.18. The van der Waals surface area contributed by atoms with Crippen LogP contribution in [0.1, 0.15) is 6.42 Å². The van der Waals surface area contributed by atoms with Gasteiger partial charge >= 0.3 is 11.4 Å². The summed E-state index contributed by atoms with van der Waals surface area (Å²) in [5.74, 6) is -0.191. The third-order valence-electron chi connectivity index (χ3n) is 2.78. The minimum absolute atomic E-state index is 0.0783. The molecule has 0 bridgehead atoms. The van der Waals surface area contributed by atoms with Gasteiger partial charge < -0.3 is 14.8 Å². The number of allylic oxidation sites excluding steroid dienone is 1. The minimum atomic E-state index is -3.68. The van der Waals surface area contributed by atoms with Gasteiger partial charge in [0.15, 0.2) is 0 Å². The van der Waals surface area contributed by atoms with Crippen LogP contribution in [-0.4, -0.2) is 25.1 Å². The highest BCUT2D eigenvalue weighted by atomic mass is 35.5. The Hall–Kier alpha value is -1.82. The normalized spacial score (nSPS) is 17.7. The Morgan fingerprint density at radius 3 is 2.50 bits per heavy atom. The Morgan fingerprint density at radius 1 is 1.40 bits per heavy atom. The first kappa shape index (κ1) is 14.6. The van der Waals surface area contributed by atoms with E-state index in [4.69, 9.17) is 16.3 Å². The maximum absolute atomic E-state index is 13.5. The molecule has 2 rings (SSSR count). The molecule has 0 unspecified atom stereocenters. The maximum Gasteiger partial charge on any atom is 0.363 e. The zero-order valence-corrected chi connectivity index (χ0v) is 11.3. The number of methoxy groups -OCH3 is 1. The van der Waals surface area contributed by atoms with E-state index in [2.05, 4.69) is 10.1 Å². The van der Waals surface area contributed by atoms with E-state index in [1.54, 1.807) is 24.3 Å². The fraction of sp³-hybridized carbons (Fsp3) is 0.308. The number of carbonyl (C=O) groups is 1. The molecule has 1 N–H and O–H groups in total. The van der Waals surface area contributed by atoms with Crippen LogP contribution in [0.25, 0.3) is 0 Å². The summed E-state index contributed by atoms with van der Waals surface area (Å²) in [5, 5.41) is -1.20. The van der Waals surface area contributed by atoms with Crippen LogP contribution in [0.5, 0.6) is 5.75 Å². The van der Waals surface area contributed by atoms with Crippen molar-refractivity contribution in [3.05, 3.63) is 35.5 Å². The van der Waals surface area contributed by atoms with Gasteiger partial charge in [-0.15, -0.1) is 0 Å². The van der Waals surface area contributed by atoms with Gasteiger partial charge in [0, 0.05) is 12.1 Å². The van der Waals surface area contributed by atoms with Crippen LogP contribution in [0.4, 0.5) is 14.5 Å². The number of esters is 1. The van der Waals surface area contributed by atoms with Gasteiger partial charge in [-0.25, -0.2) is 4.79 Å². The first-order chi connectivity index (χ1) is 9.41. The fourth-order valence-corrected chi connectivity index (χ4v) is 1.96. The number of cyclic esters (lactones) is 1. The van der Waals surface area contributed by atoms with Crippen molar-refractivity contribution >= 4 is 23.3 Å². The molecule has 0 aliphatic carbocycles. The predicted molar refractivity (Wildman–Crippen MR) is 70.0 cm³/mol. The lowest BCUT2D eigenvalue weighted by atomic mass is 10.1. The lowest BCUT2D eigenvalue weighted by Crippen LogP contribution is -2.22. The van der Waals surface area contributed by atoms with E-state index in [1.165, 1.54) is 7.11 Å². The van der Waals surface area contributed by atoms with E-state index in [0.29, 0.717) is 11.4 Å². The highest BCUT2D eigenvalue weighted by molar-refractivity contribution is 6.24. The van der Waals surface area contributed by atoms with Crippen molar-refractivity contribution in [1.82, 2.24) is 0 Å². The molecule has 1 fully saturated rings. The average molecular weight is 304 g/mol. The van der Waals surface area contributed by atoms with Gasteiger partial charge in [-0.3, -0.25) is 0 Å². The Labute approximate surface area is 119 Å². The van der Waals surface area contributed by atoms with Crippen molar-refractivity contribution in [3.63, 3.8) is 0 Å². The van der Waals surface area contributed by atoms with Crippen molar-refractivity contribution in [2.75, 3.05) is 19.0 Å². The Morgan fingerprint density at radius 2 is 2.05 bits per heavy atom. The summed E-state index contributed by atoms with van der Waals surface area (Å²) in [6.07, 6.45) is 0.0969. The third kappa shape index (κ3) is 3.19. The maximum atomic E-state index is 13.5. The number of halogens is 3. The molecule has 0 aromatic heterocycles. The SMILES string of the molecule is COc1ccc(N/C(=C2/CCOC2=O)C(F)(F)Cl)cc1. The second kappa shape index (κ2) is 5.66. The zero-order valence-electron chi connectivity index (χ0n) is 10.6. The monoisotopic (exact) mass is 303 g/mol. The molecule has 1 aliphatic heterocycles. The van der Waals surface area contributed by atoms with E-state index in [9.17, 15) is 13.6 Å². The van der Waals surface area contributed by atoms with E-state index in [-0.39, 0.29) is 18.6 Å². The minimum Gasteiger partial charge on any atom is -0.497 e. The molecule has 0 radical (unpaired) electrons. The molecule has 7 heteroatoms. The number of carbonyl (C=O) groups excluding carboxylic acids is 1. The second-order valence-electron chi connectivity index (χ2n) is 4.09. The summed E-state index contributed by atoms with van der Waals surface area (Å²) in [5.41, 5.74) is -0.416. The second-order valence-corrected chi connectivity index (χ2v) is 4.57. The Bertz CT molecular complexity index is 538. The summed E-state index contributed by atoms with van der Waals surface area (Å²) in [6, 6.07) is 6.29. The quantitative estimate of drug-likeness (QED) is 0.527. The first-order valence-electron chi connectivity index (χ1n) is 5.80. The van der Waals surface area contributed by atoms with Crippen LogP contribution < -0.4 is 10.1 Å². The molecule has 108 valence electrons. The number of ether oxygens (including phenoxy) is 2. The van der Waals surface area contributed by atoms with Crippen molar-refractivity contribution < 1.29 is 23.0 Å². The summed E-state index contributed by atoms with van der Waals surface area (Å²) in [4.78, 5) is 11.4. The number of rotatable bonds is 4. The molecule has 0 saturated carbocycles. The number of alkyl halides is 3. The van der Waals surface area contributed by atoms with Crippen molar-refractivity contribution in [2.45, 2.75) is 11.8 Å². The Balaban J connectivity index is 2.31. The van der Waals surface area contributed by atoms with Crippen LogP contribution in [0, 0.1) is 0 Å². The van der Waals surface area contributed by atoms with Crippen LogP contribution in [0.2, 0.25) is 0 Å². The molecule has 20 heavy (non-hydrogen) atoms. The Kier molecular flexibility index (Phi) is 4.13. The van der Waals surface area contributed by atoms with E-state index in [1.807, 2.05) is 0 Å². The van der Waals surface area contributed by atoms with Crippen molar-refractivity contribution in [1.29, 1.82) is 0 Å². The topological polar surface area (TPSA) is 47.6 Å². The van der Waals surface area contributed by atoms with Gasteiger partial charge in [-0.1, -0.05) is 0 Å². The van der Waals surface area contributed by atoms with Crippen LogP contribution in [-0.2, 0) is 9.53 Å². The summed E-state index contributed by atoms with van der Waals surface area (Å²) in [6.45, 7) is 0.0783. The molecule has 1 saturated heterocycles. The average Bonchev–Trinajstić information content (AvgIpc) is 2.81. The highest BCUT2D eigenvalue weighted by Crippen LogP contribution is 2.35. The highest BCUT2D eigenvalue weighted by Gasteiger charge is 2.38. The number of anilines is 1. The van der Waals surface area contributed by atoms with E-state index < -0.39 is 17.0 Å². The molecule has 1 aromatic carbocycles. The van der Waals surface area contributed by atoms with E-state index in [0.717, 1.165) is 0 Å². The van der Waals surface area contributed by atoms with Gasteiger partial charge in [0.05, 0.1) is 19.3 Å². The van der Waals surface area contributed by atoms with Gasteiger partial charge in [0.1, 0.15) is 11.4 Å². The van der Waals surface area contributed by atoms with Crippen LogP contribution in [0.3, 0.4) is 0 Å². The zero-order chi connectivity index (χ0) is 14.8. The fourth-order valence-electron chi connectivity index (χ4n) is 1.80. The number of hydrogen-bond donors (Lipinski definition) is 1. The van der Waals surface area contributed by atoms with Crippen LogP contribution >= 0.6 is 11.6 Å². The lowest BCUT2D eigenvalue weighted by Gasteiger charge is -2.17. The molecule has 4 nitrogen and oxygen atoms in total. The van der Waals surface area contributed by atoms with Gasteiger partial charge in [0.25, 0.3) is 0 Å². The predicted octanol–water partition coefficient (Wildman–Crippen LogP) is 3.14. The summed E-state index contributed by atoms with van der Waals surface area (Å²) >= 11 is 5.07. The smallest absolute Gasteiger partial charge is 0.363 e. The number of nitrogens with one attached hydrogen (secondary N) is 1. The van der Waals surface area contributed by atoms with Crippen LogP contribution in [0.15, 0.2) is 35.5 Å². The molecular formula is C13H12ClF2NO3. The summed E-state index contributed by atoms with van der Waals surface area (Å²) in [7, 11) is 1.50. The number of hydrogen-bond acceptors (Lipinski definition) is 4. The van der Waals surface area contributed by atoms with E-state index >= 15 is 0 Å². The molecule has 1 aliphatic rings. The molecule has 1 aromatic rings. The number of benzene rings is 1. The molecule has 0 spiro atoms. The molecule has 0 atom stereocenters. The lowest BCUT2D eigenvalue weighted by molar-refractivity contribution is -0.135. The molecular weight excluding hydrogens is 292 g/mol. The van der Waals surface area contributed by atoms with Crippen molar-refractivity contribution in [3.8, 4) is 5.75 Å². The summed E-state index contributed by atoms with van der Waals surface area (Å²) < 4.78 is 36.5. The third-order valence-corrected chi connectivity index (χ3v) is 2.97. The van der Waals surface area contributed by atoms with Gasteiger partial charge in [-0.05, 0) is 35.9 Å². The standard InChI is InChI=1S/C13H12ClF2NO3/c1-19-9-4-2-8(3-5-9)17-11(13(14,15)16)10-6-7-20-12(10)18/h2-5,17H,6-7H2,1H3/b11-10-. The van der Waals surface area contributed by atoms with Gasteiger partial charge in [0.2, 0.25) is 0 Å².